The largest absolute Gasteiger partial charge is 0.497 e. The first kappa shape index (κ1) is 13.8. The predicted molar refractivity (Wildman–Crippen MR) is 81.3 cm³/mol. The standard InChI is InChI=1S/C18H20O4/c1-20-14-6-4-13(5-7-14)15-10-18(22-16(15)19)11-17(12-21-18)8-2-3-9-17/h4-7,10H,2-3,8-9,11-12H2,1H3/t18-/m0/s1. The Morgan fingerprint density at radius 3 is 2.55 bits per heavy atom. The first-order valence-corrected chi connectivity index (χ1v) is 7.88. The van der Waals surface area contributed by atoms with Crippen molar-refractivity contribution in [1.29, 1.82) is 0 Å². The highest BCUT2D eigenvalue weighted by molar-refractivity contribution is 6.18. The fourth-order valence-electron chi connectivity index (χ4n) is 4.00. The Morgan fingerprint density at radius 2 is 1.86 bits per heavy atom. The van der Waals surface area contributed by atoms with Gasteiger partial charge in [0, 0.05) is 17.9 Å². The fourth-order valence-corrected chi connectivity index (χ4v) is 4.00. The molecular formula is C18H20O4. The van der Waals surface area contributed by atoms with Crippen LogP contribution in [-0.4, -0.2) is 25.5 Å². The third-order valence-corrected chi connectivity index (χ3v) is 5.16. The summed E-state index contributed by atoms with van der Waals surface area (Å²) in [6.07, 6.45) is 7.54. The molecule has 4 heteroatoms. The molecule has 0 unspecified atom stereocenters. The van der Waals surface area contributed by atoms with Crippen molar-refractivity contribution >= 4 is 11.5 Å². The molecule has 1 saturated heterocycles. The van der Waals surface area contributed by atoms with E-state index in [2.05, 4.69) is 0 Å². The van der Waals surface area contributed by atoms with E-state index >= 15 is 0 Å². The summed E-state index contributed by atoms with van der Waals surface area (Å²) in [6, 6.07) is 7.46. The van der Waals surface area contributed by atoms with Crippen LogP contribution in [0.3, 0.4) is 0 Å². The van der Waals surface area contributed by atoms with Crippen LogP contribution in [-0.2, 0) is 14.3 Å². The molecular weight excluding hydrogens is 280 g/mol. The number of carbonyl (C=O) groups excluding carboxylic acids is 1. The third kappa shape index (κ3) is 2.13. The van der Waals surface area contributed by atoms with Crippen LogP contribution in [0.5, 0.6) is 5.75 Å². The molecule has 0 N–H and O–H groups in total. The van der Waals surface area contributed by atoms with Crippen molar-refractivity contribution in [1.82, 2.24) is 0 Å². The number of benzene rings is 1. The first-order valence-electron chi connectivity index (χ1n) is 7.88. The zero-order chi connectivity index (χ0) is 15.2. The van der Waals surface area contributed by atoms with Gasteiger partial charge in [-0.3, -0.25) is 0 Å². The molecule has 116 valence electrons. The van der Waals surface area contributed by atoms with Crippen molar-refractivity contribution in [2.45, 2.75) is 37.9 Å². The molecule has 2 fully saturated rings. The number of esters is 1. The second-order valence-electron chi connectivity index (χ2n) is 6.66. The number of hydrogen-bond donors (Lipinski definition) is 0. The maximum absolute atomic E-state index is 12.3. The van der Waals surface area contributed by atoms with Gasteiger partial charge in [0.15, 0.2) is 0 Å². The molecule has 0 amide bonds. The molecule has 1 aromatic rings. The normalized spacial score (nSPS) is 29.1. The van der Waals surface area contributed by atoms with E-state index in [0.29, 0.717) is 12.2 Å². The lowest BCUT2D eigenvalue weighted by Gasteiger charge is -2.22. The van der Waals surface area contributed by atoms with Gasteiger partial charge in [0.05, 0.1) is 19.3 Å². The van der Waals surface area contributed by atoms with Gasteiger partial charge in [-0.25, -0.2) is 4.79 Å². The van der Waals surface area contributed by atoms with Gasteiger partial charge in [-0.2, -0.15) is 0 Å². The summed E-state index contributed by atoms with van der Waals surface area (Å²) in [5.74, 6) is -0.357. The number of ether oxygens (including phenoxy) is 3. The molecule has 4 nitrogen and oxygen atoms in total. The topological polar surface area (TPSA) is 44.8 Å². The minimum atomic E-state index is -0.837. The molecule has 1 saturated carbocycles. The molecule has 0 radical (unpaired) electrons. The molecule has 2 aliphatic heterocycles. The van der Waals surface area contributed by atoms with Crippen molar-refractivity contribution in [2.24, 2.45) is 5.41 Å². The summed E-state index contributed by atoms with van der Waals surface area (Å²) in [6.45, 7) is 0.701. The molecule has 0 aromatic heterocycles. The lowest BCUT2D eigenvalue weighted by molar-refractivity contribution is -0.181. The van der Waals surface area contributed by atoms with E-state index in [0.717, 1.165) is 17.7 Å². The van der Waals surface area contributed by atoms with E-state index in [-0.39, 0.29) is 11.4 Å². The number of rotatable bonds is 2. The zero-order valence-corrected chi connectivity index (χ0v) is 12.8. The maximum Gasteiger partial charge on any atom is 0.341 e. The first-order chi connectivity index (χ1) is 10.6. The SMILES string of the molecule is COc1ccc(C2=C[C@@]3(CC4(CCCC4)CO3)OC2=O)cc1. The predicted octanol–water partition coefficient (Wildman–Crippen LogP) is 3.31. The van der Waals surface area contributed by atoms with Gasteiger partial charge >= 0.3 is 5.97 Å². The zero-order valence-electron chi connectivity index (χ0n) is 12.8. The van der Waals surface area contributed by atoms with Crippen molar-refractivity contribution < 1.29 is 19.0 Å². The monoisotopic (exact) mass is 300 g/mol. The Balaban J connectivity index is 1.62. The van der Waals surface area contributed by atoms with E-state index in [1.165, 1.54) is 25.7 Å². The van der Waals surface area contributed by atoms with E-state index < -0.39 is 5.79 Å². The van der Waals surface area contributed by atoms with Crippen LogP contribution in [0.2, 0.25) is 0 Å². The number of hydrogen-bond acceptors (Lipinski definition) is 4. The highest BCUT2D eigenvalue weighted by Gasteiger charge is 2.54. The molecule has 1 atom stereocenters. The summed E-state index contributed by atoms with van der Waals surface area (Å²) in [5, 5.41) is 0. The molecule has 4 rings (SSSR count). The van der Waals surface area contributed by atoms with Gasteiger partial charge in [-0.1, -0.05) is 25.0 Å². The minimum Gasteiger partial charge on any atom is -0.497 e. The highest BCUT2D eigenvalue weighted by atomic mass is 16.7. The summed E-state index contributed by atoms with van der Waals surface area (Å²) in [7, 11) is 1.63. The molecule has 1 aliphatic carbocycles. The van der Waals surface area contributed by atoms with E-state index in [4.69, 9.17) is 14.2 Å². The molecule has 2 spiro atoms. The van der Waals surface area contributed by atoms with Crippen molar-refractivity contribution in [3.05, 3.63) is 35.9 Å². The Kier molecular flexibility index (Phi) is 3.05. The van der Waals surface area contributed by atoms with Gasteiger partial charge in [-0.05, 0) is 30.5 Å². The smallest absolute Gasteiger partial charge is 0.341 e. The highest BCUT2D eigenvalue weighted by Crippen LogP contribution is 2.53. The number of carbonyl (C=O) groups is 1. The second-order valence-corrected chi connectivity index (χ2v) is 6.66. The van der Waals surface area contributed by atoms with Gasteiger partial charge < -0.3 is 14.2 Å². The summed E-state index contributed by atoms with van der Waals surface area (Å²) >= 11 is 0. The van der Waals surface area contributed by atoms with Gasteiger partial charge in [0.25, 0.3) is 0 Å². The van der Waals surface area contributed by atoms with Crippen LogP contribution in [0.15, 0.2) is 30.3 Å². The van der Waals surface area contributed by atoms with Crippen molar-refractivity contribution in [3.63, 3.8) is 0 Å². The lowest BCUT2D eigenvalue weighted by Crippen LogP contribution is -2.28. The molecule has 22 heavy (non-hydrogen) atoms. The van der Waals surface area contributed by atoms with Crippen LogP contribution in [0.25, 0.3) is 5.57 Å². The van der Waals surface area contributed by atoms with Crippen LogP contribution < -0.4 is 4.74 Å². The number of methoxy groups -OCH3 is 1. The van der Waals surface area contributed by atoms with Gasteiger partial charge in [0.1, 0.15) is 5.75 Å². The van der Waals surface area contributed by atoms with Crippen LogP contribution in [0, 0.1) is 5.41 Å². The lowest BCUT2D eigenvalue weighted by atomic mass is 9.83. The minimum absolute atomic E-state index is 0.214. The molecule has 3 aliphatic rings. The Morgan fingerprint density at radius 1 is 1.14 bits per heavy atom. The second kappa shape index (κ2) is 4.85. The van der Waals surface area contributed by atoms with E-state index in [1.807, 2.05) is 30.3 Å². The van der Waals surface area contributed by atoms with Crippen molar-refractivity contribution in [3.8, 4) is 5.75 Å². The molecule has 0 bridgehead atoms. The van der Waals surface area contributed by atoms with Crippen LogP contribution in [0.4, 0.5) is 0 Å². The van der Waals surface area contributed by atoms with E-state index in [9.17, 15) is 4.79 Å². The Labute approximate surface area is 130 Å². The summed E-state index contributed by atoms with van der Waals surface area (Å²) in [5.41, 5.74) is 1.66. The Hall–Kier alpha value is -1.81. The van der Waals surface area contributed by atoms with Gasteiger partial charge in [0.2, 0.25) is 5.79 Å². The van der Waals surface area contributed by atoms with Crippen molar-refractivity contribution in [2.75, 3.05) is 13.7 Å². The van der Waals surface area contributed by atoms with Crippen LogP contribution >= 0.6 is 0 Å². The maximum atomic E-state index is 12.3. The van der Waals surface area contributed by atoms with Gasteiger partial charge in [-0.15, -0.1) is 0 Å². The average Bonchev–Trinajstić information content (AvgIpc) is 3.21. The average molecular weight is 300 g/mol. The summed E-state index contributed by atoms with van der Waals surface area (Å²) in [4.78, 5) is 12.3. The van der Waals surface area contributed by atoms with E-state index in [1.54, 1.807) is 7.11 Å². The fraction of sp³-hybridized carbons (Fsp3) is 0.500. The Bertz CT molecular complexity index is 625. The quantitative estimate of drug-likeness (QED) is 0.786. The van der Waals surface area contributed by atoms with Crippen LogP contribution in [0.1, 0.15) is 37.7 Å². The molecule has 2 heterocycles. The molecule has 1 aromatic carbocycles. The summed E-state index contributed by atoms with van der Waals surface area (Å²) < 4.78 is 16.8. The third-order valence-electron chi connectivity index (χ3n) is 5.16.